The summed E-state index contributed by atoms with van der Waals surface area (Å²) in [5.41, 5.74) is 0. The molecule has 92 valence electrons. The van der Waals surface area contributed by atoms with Gasteiger partial charge < -0.3 is 9.64 Å². The molecule has 0 spiro atoms. The van der Waals surface area contributed by atoms with Crippen molar-refractivity contribution in [2.24, 2.45) is 0 Å². The molecule has 1 aromatic rings. The van der Waals surface area contributed by atoms with Gasteiger partial charge >= 0.3 is 0 Å². The zero-order chi connectivity index (χ0) is 11.7. The summed E-state index contributed by atoms with van der Waals surface area (Å²) in [5.74, 6) is 0.167. The molecular formula is C12H16N2O2S. The molecule has 0 aliphatic carbocycles. The number of ether oxygens (including phenoxy) is 1. The van der Waals surface area contributed by atoms with Gasteiger partial charge in [0.2, 0.25) is 0 Å². The van der Waals surface area contributed by atoms with Crippen LogP contribution in [0.5, 0.6) is 0 Å². The lowest BCUT2D eigenvalue weighted by Gasteiger charge is -2.25. The molecule has 3 heterocycles. The van der Waals surface area contributed by atoms with Crippen LogP contribution in [0.2, 0.25) is 0 Å². The summed E-state index contributed by atoms with van der Waals surface area (Å²) in [4.78, 5) is 18.6. The summed E-state index contributed by atoms with van der Waals surface area (Å²) in [6, 6.07) is 0.187. The van der Waals surface area contributed by atoms with Crippen LogP contribution in [0.15, 0.2) is 11.6 Å². The van der Waals surface area contributed by atoms with E-state index in [9.17, 15) is 4.79 Å². The summed E-state index contributed by atoms with van der Waals surface area (Å²) >= 11 is 1.64. The van der Waals surface area contributed by atoms with Crippen molar-refractivity contribution in [3.8, 4) is 0 Å². The van der Waals surface area contributed by atoms with E-state index >= 15 is 0 Å². The van der Waals surface area contributed by atoms with Crippen LogP contribution in [0.3, 0.4) is 0 Å². The molecule has 17 heavy (non-hydrogen) atoms. The van der Waals surface area contributed by atoms with E-state index < -0.39 is 0 Å². The van der Waals surface area contributed by atoms with E-state index in [1.165, 1.54) is 0 Å². The van der Waals surface area contributed by atoms with Crippen molar-refractivity contribution in [3.63, 3.8) is 0 Å². The van der Waals surface area contributed by atoms with Gasteiger partial charge in [0.1, 0.15) is 11.1 Å². The van der Waals surface area contributed by atoms with Crippen molar-refractivity contribution in [3.05, 3.63) is 16.6 Å². The van der Waals surface area contributed by atoms with E-state index in [0.29, 0.717) is 0 Å². The molecule has 2 atom stereocenters. The second-order valence-corrected chi connectivity index (χ2v) is 5.49. The van der Waals surface area contributed by atoms with Crippen LogP contribution in [0.1, 0.15) is 36.7 Å². The van der Waals surface area contributed by atoms with Gasteiger partial charge in [0, 0.05) is 24.7 Å². The zero-order valence-corrected chi connectivity index (χ0v) is 10.5. The summed E-state index contributed by atoms with van der Waals surface area (Å²) < 4.78 is 5.48. The predicted octanol–water partition coefficient (Wildman–Crippen LogP) is 1.99. The fourth-order valence-electron chi connectivity index (χ4n) is 2.64. The molecule has 1 amide bonds. The van der Waals surface area contributed by atoms with Gasteiger partial charge in [-0.15, -0.1) is 11.3 Å². The van der Waals surface area contributed by atoms with Gasteiger partial charge in [-0.3, -0.25) is 4.79 Å². The van der Waals surface area contributed by atoms with Gasteiger partial charge in [-0.05, 0) is 25.7 Å². The Morgan fingerprint density at radius 3 is 3.12 bits per heavy atom. The molecule has 2 aliphatic rings. The molecule has 5 heteroatoms. The Hall–Kier alpha value is -0.940. The van der Waals surface area contributed by atoms with E-state index in [0.717, 1.165) is 43.8 Å². The molecule has 0 saturated carbocycles. The number of carbonyl (C=O) groups is 1. The molecule has 2 aliphatic heterocycles. The summed E-state index contributed by atoms with van der Waals surface area (Å²) in [6.07, 6.45) is 5.60. The third kappa shape index (κ3) is 2.09. The molecule has 3 rings (SSSR count). The normalized spacial score (nSPS) is 28.8. The SMILES string of the molecule is O=C(C1CCCO1)N1CCCC1c1nccs1. The number of rotatable bonds is 2. The standard InChI is InChI=1S/C12H16N2O2S/c15-12(10-4-2-7-16-10)14-6-1-3-9(14)11-13-5-8-17-11/h5,8-10H,1-4,6-7H2. The monoisotopic (exact) mass is 252 g/mol. The Kier molecular flexibility index (Phi) is 3.11. The minimum absolute atomic E-state index is 0.167. The number of nitrogens with zero attached hydrogens (tertiary/aromatic N) is 2. The lowest BCUT2D eigenvalue weighted by atomic mass is 10.2. The molecule has 2 unspecified atom stereocenters. The van der Waals surface area contributed by atoms with Gasteiger partial charge in [-0.2, -0.15) is 0 Å². The first kappa shape index (κ1) is 11.2. The topological polar surface area (TPSA) is 42.4 Å². The highest BCUT2D eigenvalue weighted by Crippen LogP contribution is 2.34. The van der Waals surface area contributed by atoms with E-state index in [1.54, 1.807) is 11.3 Å². The first-order chi connectivity index (χ1) is 8.36. The largest absolute Gasteiger partial charge is 0.368 e. The number of thiazole rings is 1. The van der Waals surface area contributed by atoms with E-state index in [-0.39, 0.29) is 18.1 Å². The van der Waals surface area contributed by atoms with Gasteiger partial charge in [-0.25, -0.2) is 4.98 Å². The van der Waals surface area contributed by atoms with Crippen LogP contribution in [0.25, 0.3) is 0 Å². The molecule has 2 saturated heterocycles. The Morgan fingerprint density at radius 1 is 1.47 bits per heavy atom. The summed E-state index contributed by atoms with van der Waals surface area (Å²) in [7, 11) is 0. The number of likely N-dealkylation sites (tertiary alicyclic amines) is 1. The van der Waals surface area contributed by atoms with Crippen molar-refractivity contribution >= 4 is 17.2 Å². The molecule has 2 fully saturated rings. The van der Waals surface area contributed by atoms with Gasteiger partial charge in [0.15, 0.2) is 0 Å². The zero-order valence-electron chi connectivity index (χ0n) is 9.67. The first-order valence-electron chi connectivity index (χ1n) is 6.18. The highest BCUT2D eigenvalue weighted by atomic mass is 32.1. The Balaban J connectivity index is 1.75. The van der Waals surface area contributed by atoms with Crippen molar-refractivity contribution in [2.75, 3.05) is 13.2 Å². The highest BCUT2D eigenvalue weighted by molar-refractivity contribution is 7.09. The minimum atomic E-state index is -0.199. The lowest BCUT2D eigenvalue weighted by molar-refractivity contribution is -0.141. The van der Waals surface area contributed by atoms with Gasteiger partial charge in [-0.1, -0.05) is 0 Å². The molecule has 0 aromatic carbocycles. The van der Waals surface area contributed by atoms with Crippen molar-refractivity contribution in [1.29, 1.82) is 0 Å². The maximum Gasteiger partial charge on any atom is 0.252 e. The van der Waals surface area contributed by atoms with Crippen LogP contribution >= 0.6 is 11.3 Å². The van der Waals surface area contributed by atoms with Gasteiger partial charge in [0.05, 0.1) is 6.04 Å². The van der Waals surface area contributed by atoms with Crippen molar-refractivity contribution < 1.29 is 9.53 Å². The average molecular weight is 252 g/mol. The van der Waals surface area contributed by atoms with Gasteiger partial charge in [0.25, 0.3) is 5.91 Å². The number of hydrogen-bond acceptors (Lipinski definition) is 4. The molecule has 4 nitrogen and oxygen atoms in total. The Bertz CT molecular complexity index is 387. The van der Waals surface area contributed by atoms with Crippen LogP contribution in [-0.2, 0) is 9.53 Å². The third-order valence-electron chi connectivity index (χ3n) is 3.48. The summed E-state index contributed by atoms with van der Waals surface area (Å²) in [5, 5.41) is 3.04. The van der Waals surface area contributed by atoms with E-state index in [2.05, 4.69) is 4.98 Å². The minimum Gasteiger partial charge on any atom is -0.368 e. The molecule has 0 N–H and O–H groups in total. The summed E-state index contributed by atoms with van der Waals surface area (Å²) in [6.45, 7) is 1.58. The maximum atomic E-state index is 12.3. The van der Waals surface area contributed by atoms with E-state index in [4.69, 9.17) is 4.74 Å². The predicted molar refractivity (Wildman–Crippen MR) is 64.8 cm³/mol. The molecule has 1 aromatic heterocycles. The average Bonchev–Trinajstić information content (AvgIpc) is 3.09. The van der Waals surface area contributed by atoms with Crippen molar-refractivity contribution in [2.45, 2.75) is 37.8 Å². The second kappa shape index (κ2) is 4.74. The number of amides is 1. The third-order valence-corrected chi connectivity index (χ3v) is 4.35. The highest BCUT2D eigenvalue weighted by Gasteiger charge is 2.36. The smallest absolute Gasteiger partial charge is 0.252 e. The van der Waals surface area contributed by atoms with Crippen LogP contribution in [0.4, 0.5) is 0 Å². The Labute approximate surface area is 105 Å². The molecule has 0 radical (unpaired) electrons. The lowest BCUT2D eigenvalue weighted by Crippen LogP contribution is -2.38. The fourth-order valence-corrected chi connectivity index (χ4v) is 3.43. The van der Waals surface area contributed by atoms with Crippen LogP contribution < -0.4 is 0 Å². The number of hydrogen-bond donors (Lipinski definition) is 0. The molecule has 0 bridgehead atoms. The Morgan fingerprint density at radius 2 is 2.41 bits per heavy atom. The number of aromatic nitrogens is 1. The van der Waals surface area contributed by atoms with E-state index in [1.807, 2.05) is 16.5 Å². The first-order valence-corrected chi connectivity index (χ1v) is 7.06. The van der Waals surface area contributed by atoms with Crippen LogP contribution in [-0.4, -0.2) is 35.0 Å². The fraction of sp³-hybridized carbons (Fsp3) is 0.667. The van der Waals surface area contributed by atoms with Crippen molar-refractivity contribution in [1.82, 2.24) is 9.88 Å². The second-order valence-electron chi connectivity index (χ2n) is 4.56. The quantitative estimate of drug-likeness (QED) is 0.808. The maximum absolute atomic E-state index is 12.3. The number of carbonyl (C=O) groups excluding carboxylic acids is 1. The van der Waals surface area contributed by atoms with Crippen LogP contribution in [0, 0.1) is 0 Å². The molecular weight excluding hydrogens is 236 g/mol.